The third-order valence-electron chi connectivity index (χ3n) is 3.83. The Labute approximate surface area is 126 Å². The number of benzene rings is 1. The third kappa shape index (κ3) is 3.47. The van der Waals surface area contributed by atoms with Crippen molar-refractivity contribution < 1.29 is 22.8 Å². The molecule has 1 saturated heterocycles. The van der Waals surface area contributed by atoms with Gasteiger partial charge in [0.15, 0.2) is 5.78 Å². The Hall–Kier alpha value is -1.89. The van der Waals surface area contributed by atoms with Gasteiger partial charge >= 0.3 is 0 Å². The number of carbonyl (C=O) groups excluding carboxylic acids is 2. The van der Waals surface area contributed by atoms with E-state index in [1.165, 1.54) is 0 Å². The maximum absolute atomic E-state index is 13.6. The number of nitrogens with zero attached hydrogens (tertiary/aromatic N) is 1. The lowest BCUT2D eigenvalue weighted by Gasteiger charge is -2.31. The average Bonchev–Trinajstić information content (AvgIpc) is 2.46. The molecule has 2 N–H and O–H groups in total. The van der Waals surface area contributed by atoms with Crippen LogP contribution in [0.1, 0.15) is 29.6 Å². The van der Waals surface area contributed by atoms with Gasteiger partial charge in [0.25, 0.3) is 0 Å². The number of rotatable bonds is 4. The maximum Gasteiger partial charge on any atom is 0.223 e. The van der Waals surface area contributed by atoms with Crippen molar-refractivity contribution in [1.29, 1.82) is 0 Å². The highest BCUT2D eigenvalue weighted by atomic mass is 19.1. The molecule has 1 fully saturated rings. The van der Waals surface area contributed by atoms with Crippen LogP contribution < -0.4 is 5.73 Å². The molecule has 0 aromatic heterocycles. The highest BCUT2D eigenvalue weighted by Crippen LogP contribution is 2.25. The molecule has 1 heterocycles. The largest absolute Gasteiger partial charge is 0.343 e. The molecule has 22 heavy (non-hydrogen) atoms. The number of amides is 1. The van der Waals surface area contributed by atoms with Crippen molar-refractivity contribution in [3.8, 4) is 0 Å². The van der Waals surface area contributed by atoms with E-state index in [1.807, 2.05) is 0 Å². The summed E-state index contributed by atoms with van der Waals surface area (Å²) in [5.74, 6) is -4.79. The Morgan fingerprint density at radius 2 is 1.68 bits per heavy atom. The zero-order chi connectivity index (χ0) is 16.3. The van der Waals surface area contributed by atoms with Gasteiger partial charge in [0.05, 0.1) is 5.56 Å². The van der Waals surface area contributed by atoms with Crippen molar-refractivity contribution in [2.24, 2.45) is 11.7 Å². The van der Waals surface area contributed by atoms with Gasteiger partial charge in [-0.1, -0.05) is 0 Å². The molecule has 0 unspecified atom stereocenters. The molecule has 0 spiro atoms. The Morgan fingerprint density at radius 1 is 1.14 bits per heavy atom. The molecular weight excluding hydrogens is 297 g/mol. The fourth-order valence-electron chi connectivity index (χ4n) is 2.65. The highest BCUT2D eigenvalue weighted by molar-refractivity contribution is 5.98. The molecule has 0 atom stereocenters. The lowest BCUT2D eigenvalue weighted by molar-refractivity contribution is -0.132. The third-order valence-corrected chi connectivity index (χ3v) is 3.83. The van der Waals surface area contributed by atoms with Crippen molar-refractivity contribution in [3.63, 3.8) is 0 Å². The van der Waals surface area contributed by atoms with Gasteiger partial charge in [-0.25, -0.2) is 13.2 Å². The van der Waals surface area contributed by atoms with Gasteiger partial charge in [-0.2, -0.15) is 0 Å². The Kier molecular flexibility index (Phi) is 5.18. The molecule has 1 aromatic carbocycles. The van der Waals surface area contributed by atoms with Crippen LogP contribution in [0.2, 0.25) is 0 Å². The molecule has 1 aromatic rings. The molecule has 4 nitrogen and oxygen atoms in total. The van der Waals surface area contributed by atoms with Crippen LogP contribution in [0.4, 0.5) is 13.2 Å². The van der Waals surface area contributed by atoms with Crippen LogP contribution in [0.3, 0.4) is 0 Å². The zero-order valence-corrected chi connectivity index (χ0v) is 11.9. The first kappa shape index (κ1) is 16.5. The van der Waals surface area contributed by atoms with E-state index >= 15 is 0 Å². The predicted octanol–water partition coefficient (Wildman–Crippen LogP) is 1.87. The molecule has 1 aliphatic rings. The quantitative estimate of drug-likeness (QED) is 0.863. The van der Waals surface area contributed by atoms with Crippen LogP contribution in [0.15, 0.2) is 12.1 Å². The maximum atomic E-state index is 13.6. The van der Waals surface area contributed by atoms with Crippen LogP contribution in [0, 0.1) is 23.4 Å². The SMILES string of the molecule is NCCC(=O)N1CCC(C(=O)c2c(F)cc(F)cc2F)CC1. The number of hydrogen-bond donors (Lipinski definition) is 1. The van der Waals surface area contributed by atoms with E-state index in [0.717, 1.165) is 0 Å². The number of nitrogens with two attached hydrogens (primary N) is 1. The first-order chi connectivity index (χ1) is 10.4. The van der Waals surface area contributed by atoms with Gasteiger partial charge in [-0.15, -0.1) is 0 Å². The number of carbonyl (C=O) groups is 2. The Bertz CT molecular complexity index is 561. The van der Waals surface area contributed by atoms with Crippen LogP contribution in [0.5, 0.6) is 0 Å². The van der Waals surface area contributed by atoms with Gasteiger partial charge in [-0.05, 0) is 12.8 Å². The molecule has 0 bridgehead atoms. The number of hydrogen-bond acceptors (Lipinski definition) is 3. The predicted molar refractivity (Wildman–Crippen MR) is 73.6 cm³/mol. The van der Waals surface area contributed by atoms with E-state index in [2.05, 4.69) is 0 Å². The molecule has 120 valence electrons. The minimum absolute atomic E-state index is 0.0902. The molecule has 2 rings (SSSR count). The van der Waals surface area contributed by atoms with Crippen molar-refractivity contribution in [2.75, 3.05) is 19.6 Å². The summed E-state index contributed by atoms with van der Waals surface area (Å²) in [6, 6.07) is 0.992. The van der Waals surface area contributed by atoms with Crippen molar-refractivity contribution in [2.45, 2.75) is 19.3 Å². The van der Waals surface area contributed by atoms with E-state index in [4.69, 9.17) is 5.73 Å². The summed E-state index contributed by atoms with van der Waals surface area (Å²) in [4.78, 5) is 25.5. The van der Waals surface area contributed by atoms with E-state index in [1.54, 1.807) is 4.90 Å². The number of Topliss-reactive ketones (excluding diaryl/α,β-unsaturated/α-hetero) is 1. The van der Waals surface area contributed by atoms with E-state index < -0.39 is 34.7 Å². The second kappa shape index (κ2) is 6.91. The summed E-state index contributed by atoms with van der Waals surface area (Å²) in [7, 11) is 0. The van der Waals surface area contributed by atoms with Crippen LogP contribution in [-0.4, -0.2) is 36.2 Å². The van der Waals surface area contributed by atoms with Crippen LogP contribution in [0.25, 0.3) is 0 Å². The summed E-state index contributed by atoms with van der Waals surface area (Å²) < 4.78 is 40.2. The van der Waals surface area contributed by atoms with Crippen molar-refractivity contribution in [1.82, 2.24) is 4.90 Å². The van der Waals surface area contributed by atoms with Crippen LogP contribution in [-0.2, 0) is 4.79 Å². The summed E-state index contributed by atoms with van der Waals surface area (Å²) in [6.07, 6.45) is 0.886. The second-order valence-electron chi connectivity index (χ2n) is 5.30. The van der Waals surface area contributed by atoms with Gasteiger partial charge in [0.2, 0.25) is 5.91 Å². The molecule has 1 aliphatic heterocycles. The second-order valence-corrected chi connectivity index (χ2v) is 5.30. The van der Waals surface area contributed by atoms with E-state index in [-0.39, 0.29) is 18.9 Å². The minimum atomic E-state index is -1.19. The van der Waals surface area contributed by atoms with Gasteiger partial charge in [0.1, 0.15) is 17.5 Å². The Morgan fingerprint density at radius 3 is 2.18 bits per heavy atom. The summed E-state index contributed by atoms with van der Waals surface area (Å²) in [6.45, 7) is 0.947. The highest BCUT2D eigenvalue weighted by Gasteiger charge is 2.31. The lowest BCUT2D eigenvalue weighted by Crippen LogP contribution is -2.41. The fraction of sp³-hybridized carbons (Fsp3) is 0.467. The summed E-state index contributed by atoms with van der Waals surface area (Å²) in [5.41, 5.74) is 4.62. The monoisotopic (exact) mass is 314 g/mol. The Balaban J connectivity index is 2.06. The molecular formula is C15H17F3N2O2. The van der Waals surface area contributed by atoms with Crippen molar-refractivity contribution >= 4 is 11.7 Å². The number of halogens is 3. The summed E-state index contributed by atoms with van der Waals surface area (Å²) >= 11 is 0. The minimum Gasteiger partial charge on any atom is -0.343 e. The van der Waals surface area contributed by atoms with Gasteiger partial charge in [0, 0.05) is 44.1 Å². The molecule has 0 aliphatic carbocycles. The molecule has 7 heteroatoms. The van der Waals surface area contributed by atoms with Gasteiger partial charge in [-0.3, -0.25) is 9.59 Å². The zero-order valence-electron chi connectivity index (χ0n) is 11.9. The van der Waals surface area contributed by atoms with E-state index in [0.29, 0.717) is 38.1 Å². The molecule has 1 amide bonds. The summed E-state index contributed by atoms with van der Waals surface area (Å²) in [5, 5.41) is 0. The number of piperidine rings is 1. The van der Waals surface area contributed by atoms with Crippen molar-refractivity contribution in [3.05, 3.63) is 35.1 Å². The lowest BCUT2D eigenvalue weighted by atomic mass is 9.88. The van der Waals surface area contributed by atoms with E-state index in [9.17, 15) is 22.8 Å². The molecule has 0 radical (unpaired) electrons. The fourth-order valence-corrected chi connectivity index (χ4v) is 2.65. The van der Waals surface area contributed by atoms with Gasteiger partial charge < -0.3 is 10.6 Å². The number of ketones is 1. The number of likely N-dealkylation sites (tertiary alicyclic amines) is 1. The molecule has 0 saturated carbocycles. The topological polar surface area (TPSA) is 63.4 Å². The van der Waals surface area contributed by atoms with Crippen LogP contribution >= 0.6 is 0 Å². The standard InChI is InChI=1S/C15H17F3N2O2/c16-10-7-11(17)14(12(18)8-10)15(22)9-2-5-20(6-3-9)13(21)1-4-19/h7-9H,1-6,19H2. The first-order valence-corrected chi connectivity index (χ1v) is 7.10. The smallest absolute Gasteiger partial charge is 0.223 e. The first-order valence-electron chi connectivity index (χ1n) is 7.10. The average molecular weight is 314 g/mol. The normalized spacial score (nSPS) is 15.9.